The number of rotatable bonds is 5. The highest BCUT2D eigenvalue weighted by molar-refractivity contribution is 8.26. The van der Waals surface area contributed by atoms with Gasteiger partial charge in [0, 0.05) is 17.1 Å². The second-order valence-electron chi connectivity index (χ2n) is 7.41. The number of amides is 1. The number of hydrogen-bond donors (Lipinski definition) is 1. The van der Waals surface area contributed by atoms with E-state index in [1.807, 2.05) is 13.0 Å². The fourth-order valence-corrected chi connectivity index (χ4v) is 4.82. The van der Waals surface area contributed by atoms with Crippen molar-refractivity contribution in [2.75, 3.05) is 0 Å². The van der Waals surface area contributed by atoms with Crippen molar-refractivity contribution in [2.45, 2.75) is 47.0 Å². The molecule has 4 rings (SSSR count). The largest absolute Gasteiger partial charge is 0.318 e. The summed E-state index contributed by atoms with van der Waals surface area (Å²) in [7, 11) is 0. The normalized spacial score (nSPS) is 17.5. The maximum absolute atomic E-state index is 12.7. The zero-order chi connectivity index (χ0) is 21.4. The second-order valence-corrected chi connectivity index (χ2v) is 8.45. The van der Waals surface area contributed by atoms with E-state index < -0.39 is 0 Å². The first-order valence-electron chi connectivity index (χ1n) is 10.2. The molecule has 0 bridgehead atoms. The molecule has 3 heterocycles. The number of aliphatic imine (C=N–C) groups is 1. The molecule has 30 heavy (non-hydrogen) atoms. The summed E-state index contributed by atoms with van der Waals surface area (Å²) in [5.41, 5.74) is 5.71. The first-order valence-corrected chi connectivity index (χ1v) is 11.0. The number of hydrogen-bond acceptors (Lipinski definition) is 4. The molecule has 6 nitrogen and oxygen atoms in total. The predicted molar refractivity (Wildman–Crippen MR) is 125 cm³/mol. The van der Waals surface area contributed by atoms with Crippen molar-refractivity contribution in [3.63, 3.8) is 0 Å². The molecule has 0 radical (unpaired) electrons. The Morgan fingerprint density at radius 2 is 1.97 bits per heavy atom. The summed E-state index contributed by atoms with van der Waals surface area (Å²) in [4.78, 5) is 16.9. The number of hydrazone groups is 1. The number of aryl methyl sites for hydroxylation is 2. The SMILES string of the molecule is CCCC1=NN2C(=N)/C(=C/c3cc(C)n(-c4ccccc4CC)c3C)C(=O)N=C2S1. The molecule has 1 aromatic heterocycles. The fourth-order valence-electron chi connectivity index (χ4n) is 3.83. The Labute approximate surface area is 180 Å². The summed E-state index contributed by atoms with van der Waals surface area (Å²) in [5.74, 6) is -0.298. The highest BCUT2D eigenvalue weighted by atomic mass is 32.2. The van der Waals surface area contributed by atoms with Crippen molar-refractivity contribution in [2.24, 2.45) is 10.1 Å². The number of amidine groups is 2. The monoisotopic (exact) mass is 419 g/mol. The van der Waals surface area contributed by atoms with Crippen LogP contribution in [0.3, 0.4) is 0 Å². The molecular weight excluding hydrogens is 394 g/mol. The molecule has 7 heteroatoms. The number of thioether (sulfide) groups is 1. The molecule has 0 atom stereocenters. The van der Waals surface area contributed by atoms with Crippen LogP contribution in [0.1, 0.15) is 49.2 Å². The van der Waals surface area contributed by atoms with Gasteiger partial charge in [-0.05, 0) is 74.2 Å². The maximum Gasteiger partial charge on any atom is 0.283 e. The van der Waals surface area contributed by atoms with Crippen molar-refractivity contribution < 1.29 is 4.79 Å². The molecule has 0 spiro atoms. The lowest BCUT2D eigenvalue weighted by atomic mass is 10.1. The number of carbonyl (C=O) groups is 1. The molecule has 1 N–H and O–H groups in total. The van der Waals surface area contributed by atoms with Gasteiger partial charge in [0.2, 0.25) is 5.17 Å². The average Bonchev–Trinajstić information content (AvgIpc) is 3.25. The second kappa shape index (κ2) is 8.07. The van der Waals surface area contributed by atoms with E-state index in [9.17, 15) is 4.79 Å². The number of fused-ring (bicyclic) bond motifs is 1. The molecule has 1 amide bonds. The van der Waals surface area contributed by atoms with Gasteiger partial charge in [-0.25, -0.2) is 0 Å². The molecule has 0 unspecified atom stereocenters. The van der Waals surface area contributed by atoms with E-state index in [2.05, 4.69) is 59.7 Å². The minimum Gasteiger partial charge on any atom is -0.318 e. The van der Waals surface area contributed by atoms with Crippen LogP contribution in [0, 0.1) is 19.3 Å². The fraction of sp³-hybridized carbons (Fsp3) is 0.304. The lowest BCUT2D eigenvalue weighted by molar-refractivity contribution is -0.114. The zero-order valence-electron chi connectivity index (χ0n) is 17.7. The van der Waals surface area contributed by atoms with E-state index >= 15 is 0 Å². The molecule has 2 aromatic rings. The summed E-state index contributed by atoms with van der Waals surface area (Å²) in [5, 5.41) is 15.9. The molecule has 0 saturated carbocycles. The minimum absolute atomic E-state index is 0.0855. The summed E-state index contributed by atoms with van der Waals surface area (Å²) in [6.45, 7) is 8.33. The van der Waals surface area contributed by atoms with Gasteiger partial charge >= 0.3 is 0 Å². The summed E-state index contributed by atoms with van der Waals surface area (Å²) in [6.07, 6.45) is 4.49. The molecular formula is C23H25N5OS. The highest BCUT2D eigenvalue weighted by Gasteiger charge is 2.35. The number of para-hydroxylation sites is 1. The Hall–Kier alpha value is -2.93. The molecule has 1 aromatic carbocycles. The van der Waals surface area contributed by atoms with Crippen molar-refractivity contribution in [3.05, 3.63) is 58.4 Å². The third-order valence-corrected chi connectivity index (χ3v) is 6.31. The summed E-state index contributed by atoms with van der Waals surface area (Å²) < 4.78 is 2.21. The Balaban J connectivity index is 1.75. The molecule has 154 valence electrons. The third-order valence-electron chi connectivity index (χ3n) is 5.34. The first kappa shape index (κ1) is 20.3. The highest BCUT2D eigenvalue weighted by Crippen LogP contribution is 2.31. The molecule has 0 saturated heterocycles. The van der Waals surface area contributed by atoms with Gasteiger partial charge in [0.05, 0.1) is 5.57 Å². The van der Waals surface area contributed by atoms with Crippen molar-refractivity contribution in [3.8, 4) is 5.69 Å². The van der Waals surface area contributed by atoms with E-state index in [1.54, 1.807) is 6.08 Å². The van der Waals surface area contributed by atoms with Crippen LogP contribution < -0.4 is 0 Å². The van der Waals surface area contributed by atoms with Crippen molar-refractivity contribution in [1.29, 1.82) is 5.41 Å². The summed E-state index contributed by atoms with van der Waals surface area (Å²) in [6, 6.07) is 10.4. The average molecular weight is 420 g/mol. The van der Waals surface area contributed by atoms with Gasteiger partial charge in [0.1, 0.15) is 5.04 Å². The topological polar surface area (TPSA) is 73.8 Å². The molecule has 0 aliphatic carbocycles. The number of nitrogens with one attached hydrogen (secondary N) is 1. The van der Waals surface area contributed by atoms with Crippen LogP contribution in [-0.2, 0) is 11.2 Å². The van der Waals surface area contributed by atoms with E-state index in [1.165, 1.54) is 22.3 Å². The van der Waals surface area contributed by atoms with Crippen LogP contribution in [0.2, 0.25) is 0 Å². The molecule has 2 aliphatic heterocycles. The van der Waals surface area contributed by atoms with Gasteiger partial charge in [-0.2, -0.15) is 15.1 Å². The maximum atomic E-state index is 12.7. The van der Waals surface area contributed by atoms with Gasteiger partial charge < -0.3 is 4.57 Å². The van der Waals surface area contributed by atoms with E-state index in [-0.39, 0.29) is 17.3 Å². The van der Waals surface area contributed by atoms with Crippen LogP contribution in [0.5, 0.6) is 0 Å². The van der Waals surface area contributed by atoms with Crippen LogP contribution >= 0.6 is 11.8 Å². The third kappa shape index (κ3) is 3.43. The van der Waals surface area contributed by atoms with Crippen molar-refractivity contribution >= 4 is 39.8 Å². The van der Waals surface area contributed by atoms with Gasteiger partial charge in [-0.3, -0.25) is 10.2 Å². The van der Waals surface area contributed by atoms with Crippen molar-refractivity contribution in [1.82, 2.24) is 9.58 Å². The standard InChI is InChI=1S/C23H25N5OS/c1-5-9-20-26-28-21(24)18(22(29)25-23(28)30-20)13-17-12-14(3)27(15(17)4)19-11-8-7-10-16(19)6-2/h7-8,10-13,24H,5-6,9H2,1-4H3/b18-13-,24-21?. The molecule has 0 fully saturated rings. The van der Waals surface area contributed by atoms with E-state index in [0.29, 0.717) is 5.17 Å². The van der Waals surface area contributed by atoms with Crippen LogP contribution in [0.15, 0.2) is 46.0 Å². The summed E-state index contributed by atoms with van der Waals surface area (Å²) >= 11 is 1.38. The van der Waals surface area contributed by atoms with Crippen LogP contribution in [0.25, 0.3) is 11.8 Å². The minimum atomic E-state index is -0.384. The lowest BCUT2D eigenvalue weighted by Gasteiger charge is -2.20. The Bertz CT molecular complexity index is 1140. The van der Waals surface area contributed by atoms with Gasteiger partial charge in [0.25, 0.3) is 5.91 Å². The first-order chi connectivity index (χ1) is 14.4. The molecule has 2 aliphatic rings. The lowest BCUT2D eigenvalue weighted by Crippen LogP contribution is -2.35. The predicted octanol–water partition coefficient (Wildman–Crippen LogP) is 5.08. The van der Waals surface area contributed by atoms with Crippen LogP contribution in [0.4, 0.5) is 0 Å². The van der Waals surface area contributed by atoms with Crippen LogP contribution in [-0.4, -0.2) is 31.5 Å². The Kier molecular flexibility index (Phi) is 5.47. The van der Waals surface area contributed by atoms with Gasteiger partial charge in [0.15, 0.2) is 5.84 Å². The van der Waals surface area contributed by atoms with Gasteiger partial charge in [-0.15, -0.1) is 0 Å². The smallest absolute Gasteiger partial charge is 0.283 e. The van der Waals surface area contributed by atoms with E-state index in [0.717, 1.165) is 46.9 Å². The number of carbonyl (C=O) groups excluding carboxylic acids is 1. The quantitative estimate of drug-likeness (QED) is 0.687. The Morgan fingerprint density at radius 3 is 2.70 bits per heavy atom. The number of nitrogens with zero attached hydrogens (tertiary/aromatic N) is 4. The van der Waals surface area contributed by atoms with E-state index in [4.69, 9.17) is 5.41 Å². The van der Waals surface area contributed by atoms with Gasteiger partial charge in [-0.1, -0.05) is 32.0 Å². The zero-order valence-corrected chi connectivity index (χ0v) is 18.5. The number of benzene rings is 1. The Morgan fingerprint density at radius 1 is 1.20 bits per heavy atom. The number of aromatic nitrogens is 1.